The molecule has 0 radical (unpaired) electrons. The molecule has 3 rings (SSSR count). The monoisotopic (exact) mass is 278 g/mol. The van der Waals surface area contributed by atoms with E-state index in [9.17, 15) is 4.79 Å². The molecule has 1 heterocycles. The molecule has 0 N–H and O–H groups in total. The van der Waals surface area contributed by atoms with Gasteiger partial charge >= 0.3 is 5.97 Å². The maximum Gasteiger partial charge on any atom is 0.330 e. The van der Waals surface area contributed by atoms with Crippen LogP contribution in [-0.4, -0.2) is 31.6 Å². The molecule has 3 aliphatic rings. The van der Waals surface area contributed by atoms with Gasteiger partial charge in [-0.05, 0) is 32.3 Å². The van der Waals surface area contributed by atoms with Gasteiger partial charge in [0.25, 0.3) is 0 Å². The van der Waals surface area contributed by atoms with E-state index in [0.29, 0.717) is 19.8 Å². The third-order valence-electron chi connectivity index (χ3n) is 4.80. The molecule has 4 nitrogen and oxygen atoms in total. The van der Waals surface area contributed by atoms with Gasteiger partial charge in [-0.2, -0.15) is 0 Å². The first kappa shape index (κ1) is 13.8. The Labute approximate surface area is 119 Å². The molecule has 1 saturated heterocycles. The van der Waals surface area contributed by atoms with Gasteiger partial charge in [-0.15, -0.1) is 0 Å². The SMILES string of the molecule is CCOC(=O)/C=C1\CCC2=CC3(CC[C@@]21C)OCCO3. The second kappa shape index (κ2) is 5.01. The number of allylic oxidation sites excluding steroid dienone is 2. The standard InChI is InChI=1S/C16H22O4/c1-3-18-14(17)10-12-4-5-13-11-16(19-8-9-20-16)7-6-15(12,13)2/h10-11H,3-9H2,1-2H3/b12-10+/t15-/m1/s1. The Balaban J connectivity index is 1.85. The van der Waals surface area contributed by atoms with Gasteiger partial charge in [0.05, 0.1) is 19.8 Å². The highest BCUT2D eigenvalue weighted by Crippen LogP contribution is 2.55. The van der Waals surface area contributed by atoms with Gasteiger partial charge in [0.2, 0.25) is 0 Å². The molecule has 1 aliphatic heterocycles. The Kier molecular flexibility index (Phi) is 3.46. The van der Waals surface area contributed by atoms with Crippen molar-refractivity contribution in [3.05, 3.63) is 23.3 Å². The number of hydrogen-bond acceptors (Lipinski definition) is 4. The van der Waals surface area contributed by atoms with Gasteiger partial charge in [0.15, 0.2) is 5.79 Å². The fourth-order valence-corrected chi connectivity index (χ4v) is 3.60. The second-order valence-corrected chi connectivity index (χ2v) is 5.93. The van der Waals surface area contributed by atoms with Crippen LogP contribution in [0.1, 0.15) is 39.5 Å². The number of rotatable bonds is 2. The van der Waals surface area contributed by atoms with Crippen LogP contribution in [0, 0.1) is 5.41 Å². The van der Waals surface area contributed by atoms with Crippen LogP contribution in [0.4, 0.5) is 0 Å². The summed E-state index contributed by atoms with van der Waals surface area (Å²) >= 11 is 0. The van der Waals surface area contributed by atoms with Gasteiger partial charge in [-0.25, -0.2) is 4.79 Å². The predicted octanol–water partition coefficient (Wildman–Crippen LogP) is 2.74. The Morgan fingerprint density at radius 3 is 2.80 bits per heavy atom. The molecule has 0 amide bonds. The third kappa shape index (κ3) is 2.21. The summed E-state index contributed by atoms with van der Waals surface area (Å²) in [6.45, 7) is 5.82. The molecule has 1 spiro atoms. The van der Waals surface area contributed by atoms with Crippen LogP contribution in [0.5, 0.6) is 0 Å². The lowest BCUT2D eigenvalue weighted by atomic mass is 9.72. The zero-order chi connectivity index (χ0) is 14.2. The maximum atomic E-state index is 11.7. The lowest BCUT2D eigenvalue weighted by Gasteiger charge is -2.38. The molecule has 0 aromatic rings. The van der Waals surface area contributed by atoms with Crippen LogP contribution < -0.4 is 0 Å². The number of carbonyl (C=O) groups excluding carboxylic acids is 1. The first-order valence-electron chi connectivity index (χ1n) is 7.46. The average molecular weight is 278 g/mol. The minimum Gasteiger partial charge on any atom is -0.463 e. The fourth-order valence-electron chi connectivity index (χ4n) is 3.60. The molecule has 20 heavy (non-hydrogen) atoms. The molecule has 0 aromatic heterocycles. The van der Waals surface area contributed by atoms with Gasteiger partial charge in [0, 0.05) is 17.9 Å². The van der Waals surface area contributed by atoms with E-state index in [1.807, 2.05) is 6.92 Å². The van der Waals surface area contributed by atoms with Crippen molar-refractivity contribution in [1.29, 1.82) is 0 Å². The zero-order valence-corrected chi connectivity index (χ0v) is 12.2. The number of hydrogen-bond donors (Lipinski definition) is 0. The summed E-state index contributed by atoms with van der Waals surface area (Å²) in [5, 5.41) is 0. The van der Waals surface area contributed by atoms with Crippen molar-refractivity contribution in [1.82, 2.24) is 0 Å². The molecular formula is C16H22O4. The summed E-state index contributed by atoms with van der Waals surface area (Å²) < 4.78 is 16.6. The lowest BCUT2D eigenvalue weighted by molar-refractivity contribution is -0.137. The fraction of sp³-hybridized carbons (Fsp3) is 0.688. The molecule has 0 aromatic carbocycles. The van der Waals surface area contributed by atoms with E-state index >= 15 is 0 Å². The molecule has 0 bridgehead atoms. The van der Waals surface area contributed by atoms with Crippen molar-refractivity contribution in [3.8, 4) is 0 Å². The molecular weight excluding hydrogens is 256 g/mol. The van der Waals surface area contributed by atoms with E-state index in [1.165, 1.54) is 11.1 Å². The summed E-state index contributed by atoms with van der Waals surface area (Å²) in [7, 11) is 0. The van der Waals surface area contributed by atoms with Gasteiger partial charge in [-0.3, -0.25) is 0 Å². The maximum absolute atomic E-state index is 11.7. The molecule has 4 heteroatoms. The quantitative estimate of drug-likeness (QED) is 0.442. The Bertz CT molecular complexity index is 471. The van der Waals surface area contributed by atoms with Gasteiger partial charge in [0.1, 0.15) is 0 Å². The highest BCUT2D eigenvalue weighted by atomic mass is 16.7. The minimum atomic E-state index is -0.492. The van der Waals surface area contributed by atoms with Crippen molar-refractivity contribution >= 4 is 5.97 Å². The van der Waals surface area contributed by atoms with Crippen LogP contribution in [-0.2, 0) is 19.0 Å². The van der Waals surface area contributed by atoms with E-state index in [2.05, 4.69) is 13.0 Å². The van der Waals surface area contributed by atoms with E-state index in [-0.39, 0.29) is 11.4 Å². The van der Waals surface area contributed by atoms with Crippen molar-refractivity contribution < 1.29 is 19.0 Å². The Morgan fingerprint density at radius 1 is 1.35 bits per heavy atom. The molecule has 1 saturated carbocycles. The van der Waals surface area contributed by atoms with Crippen LogP contribution in [0.3, 0.4) is 0 Å². The predicted molar refractivity (Wildman–Crippen MR) is 74.0 cm³/mol. The number of esters is 1. The highest BCUT2D eigenvalue weighted by molar-refractivity contribution is 5.83. The van der Waals surface area contributed by atoms with E-state index in [4.69, 9.17) is 14.2 Å². The first-order chi connectivity index (χ1) is 9.58. The number of ether oxygens (including phenoxy) is 3. The summed E-state index contributed by atoms with van der Waals surface area (Å²) in [6, 6.07) is 0. The third-order valence-corrected chi connectivity index (χ3v) is 4.80. The topological polar surface area (TPSA) is 44.8 Å². The lowest BCUT2D eigenvalue weighted by Crippen LogP contribution is -2.36. The van der Waals surface area contributed by atoms with Crippen LogP contribution in [0.2, 0.25) is 0 Å². The number of carbonyl (C=O) groups is 1. The normalized spacial score (nSPS) is 33.3. The smallest absolute Gasteiger partial charge is 0.330 e. The number of fused-ring (bicyclic) bond motifs is 1. The van der Waals surface area contributed by atoms with Crippen molar-refractivity contribution in [3.63, 3.8) is 0 Å². The van der Waals surface area contributed by atoms with Gasteiger partial charge in [-0.1, -0.05) is 18.1 Å². The van der Waals surface area contributed by atoms with Crippen LogP contribution in [0.15, 0.2) is 23.3 Å². The Hall–Kier alpha value is -1.13. The van der Waals surface area contributed by atoms with E-state index in [0.717, 1.165) is 25.7 Å². The summed E-state index contributed by atoms with van der Waals surface area (Å²) in [4.78, 5) is 11.7. The molecule has 1 atom stereocenters. The largest absolute Gasteiger partial charge is 0.463 e. The van der Waals surface area contributed by atoms with E-state index in [1.54, 1.807) is 6.08 Å². The van der Waals surface area contributed by atoms with Crippen molar-refractivity contribution in [2.45, 2.75) is 45.3 Å². The summed E-state index contributed by atoms with van der Waals surface area (Å²) in [5.74, 6) is -0.715. The first-order valence-corrected chi connectivity index (χ1v) is 7.46. The summed E-state index contributed by atoms with van der Waals surface area (Å²) in [5.41, 5.74) is 2.52. The molecule has 110 valence electrons. The minimum absolute atomic E-state index is 0.0205. The Morgan fingerprint density at radius 2 is 2.10 bits per heavy atom. The molecule has 2 fully saturated rings. The highest BCUT2D eigenvalue weighted by Gasteiger charge is 2.48. The van der Waals surface area contributed by atoms with E-state index < -0.39 is 5.79 Å². The van der Waals surface area contributed by atoms with Crippen molar-refractivity contribution in [2.24, 2.45) is 5.41 Å². The van der Waals surface area contributed by atoms with Gasteiger partial charge < -0.3 is 14.2 Å². The van der Waals surface area contributed by atoms with Crippen LogP contribution in [0.25, 0.3) is 0 Å². The van der Waals surface area contributed by atoms with Crippen LogP contribution >= 0.6 is 0 Å². The average Bonchev–Trinajstić information content (AvgIpc) is 2.98. The van der Waals surface area contributed by atoms with Crippen molar-refractivity contribution in [2.75, 3.05) is 19.8 Å². The molecule has 2 aliphatic carbocycles. The molecule has 0 unspecified atom stereocenters. The zero-order valence-electron chi connectivity index (χ0n) is 12.2. The summed E-state index contributed by atoms with van der Waals surface area (Å²) in [6.07, 6.45) is 7.58. The second-order valence-electron chi connectivity index (χ2n) is 5.93.